The van der Waals surface area contributed by atoms with Gasteiger partial charge in [0.1, 0.15) is 12.1 Å². The Kier molecular flexibility index (Phi) is 8.66. The number of amides is 2. The van der Waals surface area contributed by atoms with Crippen LogP contribution < -0.4 is 10.6 Å². The fraction of sp³-hybridized carbons (Fsp3) is 0.344. The molecule has 0 aromatic heterocycles. The second-order valence-corrected chi connectivity index (χ2v) is 10.6. The van der Waals surface area contributed by atoms with E-state index in [1.807, 2.05) is 66.7 Å². The Morgan fingerprint density at radius 2 is 1.51 bits per heavy atom. The van der Waals surface area contributed by atoms with Gasteiger partial charge in [0.25, 0.3) is 0 Å². The molecule has 0 radical (unpaired) electrons. The topological polar surface area (TPSA) is 117 Å². The number of carbonyl (C=O) groups is 3. The molecule has 0 saturated carbocycles. The van der Waals surface area contributed by atoms with Crippen LogP contribution in [0, 0.1) is 0 Å². The fourth-order valence-corrected chi connectivity index (χ4v) is 5.81. The number of aliphatic carboxylic acids is 1. The highest BCUT2D eigenvalue weighted by Gasteiger charge is 2.44. The van der Waals surface area contributed by atoms with Crippen molar-refractivity contribution < 1.29 is 29.0 Å². The monoisotopic (exact) mass is 557 g/mol. The molecule has 2 aliphatic rings. The van der Waals surface area contributed by atoms with E-state index >= 15 is 0 Å². The van der Waals surface area contributed by atoms with Crippen molar-refractivity contribution in [1.29, 1.82) is 0 Å². The summed E-state index contributed by atoms with van der Waals surface area (Å²) in [5.74, 6) is -1.89. The third-order valence-corrected chi connectivity index (χ3v) is 8.02. The van der Waals surface area contributed by atoms with Crippen LogP contribution in [-0.2, 0) is 25.6 Å². The molecule has 1 atom stereocenters. The van der Waals surface area contributed by atoms with Gasteiger partial charge in [-0.3, -0.25) is 9.69 Å². The van der Waals surface area contributed by atoms with Crippen molar-refractivity contribution in [2.45, 2.75) is 36.9 Å². The smallest absolute Gasteiger partial charge is 0.408 e. The molecule has 214 valence electrons. The van der Waals surface area contributed by atoms with E-state index in [1.165, 1.54) is 7.11 Å². The van der Waals surface area contributed by atoms with Gasteiger partial charge < -0.3 is 25.2 Å². The number of carboxylic acids is 1. The number of likely N-dealkylation sites (tertiary alicyclic amines) is 1. The predicted octanol–water partition coefficient (Wildman–Crippen LogP) is 3.78. The molecule has 2 amide bonds. The molecule has 1 fully saturated rings. The number of carbonyl (C=O) groups excluding carboxylic acids is 2. The van der Waals surface area contributed by atoms with Crippen LogP contribution in [0.15, 0.2) is 78.9 Å². The van der Waals surface area contributed by atoms with Gasteiger partial charge in [-0.2, -0.15) is 0 Å². The molecule has 1 aliphatic carbocycles. The molecule has 5 rings (SSSR count). The van der Waals surface area contributed by atoms with Gasteiger partial charge in [-0.25, -0.2) is 9.59 Å². The highest BCUT2D eigenvalue weighted by Crippen LogP contribution is 2.44. The molecule has 1 saturated heterocycles. The van der Waals surface area contributed by atoms with Crippen LogP contribution >= 0.6 is 0 Å². The maximum absolute atomic E-state index is 13.6. The number of hydrogen-bond donors (Lipinski definition) is 3. The first kappa shape index (κ1) is 28.3. The highest BCUT2D eigenvalue weighted by molar-refractivity contribution is 5.93. The maximum atomic E-state index is 13.6. The number of ether oxygens (including phenoxy) is 2. The first-order chi connectivity index (χ1) is 19.9. The summed E-state index contributed by atoms with van der Waals surface area (Å²) in [5, 5.41) is 15.0. The minimum atomic E-state index is -1.32. The van der Waals surface area contributed by atoms with E-state index in [1.54, 1.807) is 0 Å². The summed E-state index contributed by atoms with van der Waals surface area (Å²) in [6.07, 6.45) is -0.109. The lowest BCUT2D eigenvalue weighted by Gasteiger charge is -2.41. The normalized spacial score (nSPS) is 16.7. The Morgan fingerprint density at radius 3 is 2.10 bits per heavy atom. The molecule has 0 unspecified atom stereocenters. The first-order valence-corrected chi connectivity index (χ1v) is 13.8. The van der Waals surface area contributed by atoms with E-state index in [-0.39, 0.29) is 19.1 Å². The molecule has 0 bridgehead atoms. The lowest BCUT2D eigenvalue weighted by molar-refractivity contribution is -0.145. The average molecular weight is 558 g/mol. The third-order valence-electron chi connectivity index (χ3n) is 8.02. The summed E-state index contributed by atoms with van der Waals surface area (Å²) in [6, 6.07) is 24.9. The van der Waals surface area contributed by atoms with Gasteiger partial charge in [0, 0.05) is 32.7 Å². The van der Waals surface area contributed by atoms with Crippen LogP contribution in [-0.4, -0.2) is 73.0 Å². The zero-order chi connectivity index (χ0) is 28.8. The lowest BCUT2D eigenvalue weighted by Crippen LogP contribution is -2.65. The Bertz CT molecular complexity index is 1340. The number of piperidine rings is 1. The van der Waals surface area contributed by atoms with E-state index in [4.69, 9.17) is 9.47 Å². The fourth-order valence-electron chi connectivity index (χ4n) is 5.81. The van der Waals surface area contributed by atoms with Crippen LogP contribution in [0.2, 0.25) is 0 Å². The maximum Gasteiger partial charge on any atom is 0.408 e. The number of fused-ring (bicyclic) bond motifs is 3. The molecule has 9 heteroatoms. The molecule has 3 N–H and O–H groups in total. The van der Waals surface area contributed by atoms with Gasteiger partial charge in [0.2, 0.25) is 5.91 Å². The molecule has 0 spiro atoms. The Morgan fingerprint density at radius 1 is 0.927 bits per heavy atom. The standard InChI is InChI=1S/C32H35N3O6/c1-40-21-28(29(36)37)33-30(38)32(15-17-35(18-16-32)19-22-9-3-2-4-10-22)34-31(39)41-20-27-25-13-7-5-11-23(25)24-12-6-8-14-26(24)27/h2-14,27-28H,15-21H2,1H3,(H,33,38)(H,34,39)(H,36,37)/t28-/m0/s1. The van der Waals surface area contributed by atoms with Crippen molar-refractivity contribution in [2.24, 2.45) is 0 Å². The SMILES string of the molecule is COC[C@H](NC(=O)C1(NC(=O)OCC2c3ccccc3-c3ccccc32)CCN(Cc2ccccc2)CC1)C(=O)O. The largest absolute Gasteiger partial charge is 0.480 e. The molecule has 3 aromatic carbocycles. The number of benzene rings is 3. The van der Waals surface area contributed by atoms with Gasteiger partial charge in [-0.05, 0) is 40.7 Å². The van der Waals surface area contributed by atoms with Crippen LogP contribution in [0.5, 0.6) is 0 Å². The molecular weight excluding hydrogens is 522 g/mol. The second kappa shape index (κ2) is 12.5. The quantitative estimate of drug-likeness (QED) is 0.347. The molecule has 41 heavy (non-hydrogen) atoms. The zero-order valence-electron chi connectivity index (χ0n) is 23.0. The summed E-state index contributed by atoms with van der Waals surface area (Å²) in [4.78, 5) is 40.8. The van der Waals surface area contributed by atoms with Crippen molar-refractivity contribution in [2.75, 3.05) is 33.4 Å². The Hall–Kier alpha value is -4.21. The number of hydrogen-bond acceptors (Lipinski definition) is 6. The van der Waals surface area contributed by atoms with Gasteiger partial charge >= 0.3 is 12.1 Å². The number of alkyl carbamates (subject to hydrolysis) is 1. The van der Waals surface area contributed by atoms with Crippen LogP contribution in [0.1, 0.15) is 35.4 Å². The van der Waals surface area contributed by atoms with Gasteiger partial charge in [0.15, 0.2) is 6.04 Å². The highest BCUT2D eigenvalue weighted by atomic mass is 16.5. The number of nitrogens with one attached hydrogen (secondary N) is 2. The predicted molar refractivity (Wildman–Crippen MR) is 153 cm³/mol. The molecule has 9 nitrogen and oxygen atoms in total. The Balaban J connectivity index is 1.29. The van der Waals surface area contributed by atoms with Crippen molar-refractivity contribution in [3.63, 3.8) is 0 Å². The summed E-state index contributed by atoms with van der Waals surface area (Å²) >= 11 is 0. The summed E-state index contributed by atoms with van der Waals surface area (Å²) in [7, 11) is 1.37. The number of carboxylic acid groups (broad SMARTS) is 1. The second-order valence-electron chi connectivity index (χ2n) is 10.6. The van der Waals surface area contributed by atoms with Crippen LogP contribution in [0.25, 0.3) is 11.1 Å². The van der Waals surface area contributed by atoms with E-state index in [0.717, 1.165) is 27.8 Å². The van der Waals surface area contributed by atoms with Gasteiger partial charge in [-0.1, -0.05) is 78.9 Å². The summed E-state index contributed by atoms with van der Waals surface area (Å²) in [6.45, 7) is 1.70. The first-order valence-electron chi connectivity index (χ1n) is 13.8. The summed E-state index contributed by atoms with van der Waals surface area (Å²) < 4.78 is 10.7. The lowest BCUT2D eigenvalue weighted by atomic mass is 9.86. The van der Waals surface area contributed by atoms with Crippen LogP contribution in [0.3, 0.4) is 0 Å². The van der Waals surface area contributed by atoms with E-state index in [2.05, 4.69) is 27.7 Å². The number of methoxy groups -OCH3 is 1. The molecule has 3 aromatic rings. The van der Waals surface area contributed by atoms with Gasteiger partial charge in [0.05, 0.1) is 6.61 Å². The minimum Gasteiger partial charge on any atom is -0.480 e. The van der Waals surface area contributed by atoms with E-state index in [0.29, 0.717) is 32.5 Å². The minimum absolute atomic E-state index is 0.110. The van der Waals surface area contributed by atoms with Crippen molar-refractivity contribution in [3.05, 3.63) is 95.6 Å². The van der Waals surface area contributed by atoms with E-state index in [9.17, 15) is 19.5 Å². The average Bonchev–Trinajstić information content (AvgIpc) is 3.31. The van der Waals surface area contributed by atoms with Crippen molar-refractivity contribution >= 4 is 18.0 Å². The van der Waals surface area contributed by atoms with Crippen LogP contribution in [0.4, 0.5) is 4.79 Å². The molecular formula is C32H35N3O6. The van der Waals surface area contributed by atoms with E-state index < -0.39 is 29.6 Å². The third kappa shape index (κ3) is 6.26. The zero-order valence-corrected chi connectivity index (χ0v) is 23.0. The number of nitrogens with zero attached hydrogens (tertiary/aromatic N) is 1. The molecule has 1 heterocycles. The number of rotatable bonds is 10. The van der Waals surface area contributed by atoms with Crippen molar-refractivity contribution in [1.82, 2.24) is 15.5 Å². The Labute approximate surface area is 239 Å². The van der Waals surface area contributed by atoms with Crippen molar-refractivity contribution in [3.8, 4) is 11.1 Å². The summed E-state index contributed by atoms with van der Waals surface area (Å²) in [5.41, 5.74) is 4.25. The molecule has 1 aliphatic heterocycles. The van der Waals surface area contributed by atoms with Gasteiger partial charge in [-0.15, -0.1) is 0 Å².